The van der Waals surface area contributed by atoms with Gasteiger partial charge in [0.05, 0.1) is 0 Å². The number of halogens is 2. The molecule has 0 saturated carbocycles. The largest absolute Gasteiger partial charge is 0.488 e. The molecule has 76 valence electrons. The number of aromatic nitrogens is 2. The van der Waals surface area contributed by atoms with Gasteiger partial charge in [-0.2, -0.15) is 0 Å². The van der Waals surface area contributed by atoms with Gasteiger partial charge >= 0.3 is 7.12 Å². The molecule has 7 heteroatoms. The van der Waals surface area contributed by atoms with E-state index in [1.165, 1.54) is 12.1 Å². The summed E-state index contributed by atoms with van der Waals surface area (Å²) >= 11 is 11.6. The van der Waals surface area contributed by atoms with Gasteiger partial charge in [0.15, 0.2) is 10.3 Å². The standard InChI is InChI=1S/C8H5BCl2N2O2/c10-7-5-2-1-4(9(14)15)3-6(5)8(11)13-12-7/h1-3,14-15H. The van der Waals surface area contributed by atoms with Crippen LogP contribution in [0, 0.1) is 0 Å². The summed E-state index contributed by atoms with van der Waals surface area (Å²) < 4.78 is 0. The second kappa shape index (κ2) is 3.94. The van der Waals surface area contributed by atoms with Crippen molar-refractivity contribution in [1.82, 2.24) is 10.2 Å². The first-order valence-corrected chi connectivity index (χ1v) is 4.82. The Morgan fingerprint density at radius 2 is 1.60 bits per heavy atom. The van der Waals surface area contributed by atoms with E-state index in [9.17, 15) is 0 Å². The smallest absolute Gasteiger partial charge is 0.423 e. The SMILES string of the molecule is OB(O)c1ccc2c(Cl)nnc(Cl)c2c1. The van der Waals surface area contributed by atoms with Crippen LogP contribution in [0.1, 0.15) is 0 Å². The number of rotatable bonds is 1. The zero-order valence-corrected chi connectivity index (χ0v) is 8.87. The normalized spacial score (nSPS) is 10.7. The molecule has 0 amide bonds. The van der Waals surface area contributed by atoms with E-state index in [0.29, 0.717) is 16.2 Å². The summed E-state index contributed by atoms with van der Waals surface area (Å²) in [5, 5.41) is 26.8. The Hall–Kier alpha value is -0.875. The van der Waals surface area contributed by atoms with Crippen LogP contribution in [0.3, 0.4) is 0 Å². The molecular weight excluding hydrogens is 238 g/mol. The molecule has 2 N–H and O–H groups in total. The van der Waals surface area contributed by atoms with Crippen molar-refractivity contribution in [3.63, 3.8) is 0 Å². The molecule has 1 heterocycles. The second-order valence-corrected chi connectivity index (χ2v) is 3.68. The van der Waals surface area contributed by atoms with Gasteiger partial charge in [-0.05, 0) is 5.46 Å². The van der Waals surface area contributed by atoms with Crippen molar-refractivity contribution in [2.45, 2.75) is 0 Å². The average Bonchev–Trinajstić information content (AvgIpc) is 2.23. The highest BCUT2D eigenvalue weighted by Crippen LogP contribution is 2.24. The summed E-state index contributed by atoms with van der Waals surface area (Å²) in [5.41, 5.74) is 0.327. The van der Waals surface area contributed by atoms with Crippen molar-refractivity contribution in [1.29, 1.82) is 0 Å². The van der Waals surface area contributed by atoms with E-state index in [0.717, 1.165) is 0 Å². The van der Waals surface area contributed by atoms with Crippen LogP contribution in [0.5, 0.6) is 0 Å². The van der Waals surface area contributed by atoms with Gasteiger partial charge in [-0.3, -0.25) is 0 Å². The first-order chi connectivity index (χ1) is 7.09. The molecule has 0 aliphatic rings. The number of nitrogens with zero attached hydrogens (tertiary/aromatic N) is 2. The highest BCUT2D eigenvalue weighted by molar-refractivity contribution is 6.59. The molecule has 0 spiro atoms. The molecule has 15 heavy (non-hydrogen) atoms. The Morgan fingerprint density at radius 3 is 2.20 bits per heavy atom. The molecule has 2 aromatic rings. The van der Waals surface area contributed by atoms with Gasteiger partial charge in [0, 0.05) is 10.8 Å². The fourth-order valence-electron chi connectivity index (χ4n) is 1.27. The number of benzene rings is 1. The molecule has 1 aromatic heterocycles. The van der Waals surface area contributed by atoms with E-state index >= 15 is 0 Å². The molecule has 4 nitrogen and oxygen atoms in total. The lowest BCUT2D eigenvalue weighted by Crippen LogP contribution is -2.29. The number of hydrogen-bond acceptors (Lipinski definition) is 4. The van der Waals surface area contributed by atoms with Crippen molar-refractivity contribution < 1.29 is 10.0 Å². The van der Waals surface area contributed by atoms with Crippen LogP contribution in [-0.2, 0) is 0 Å². The fraction of sp³-hybridized carbons (Fsp3) is 0. The zero-order chi connectivity index (χ0) is 11.0. The van der Waals surface area contributed by atoms with Crippen molar-refractivity contribution >= 4 is 46.6 Å². The molecule has 0 bridgehead atoms. The summed E-state index contributed by atoms with van der Waals surface area (Å²) in [6, 6.07) is 4.67. The molecule has 0 fully saturated rings. The topological polar surface area (TPSA) is 66.2 Å². The Morgan fingerprint density at radius 1 is 1.00 bits per heavy atom. The highest BCUT2D eigenvalue weighted by atomic mass is 35.5. The third-order valence-electron chi connectivity index (χ3n) is 2.01. The third-order valence-corrected chi connectivity index (χ3v) is 2.57. The van der Waals surface area contributed by atoms with Gasteiger partial charge < -0.3 is 10.0 Å². The Bertz CT molecular complexity index is 521. The monoisotopic (exact) mass is 242 g/mol. The van der Waals surface area contributed by atoms with Crippen molar-refractivity contribution in [2.75, 3.05) is 0 Å². The summed E-state index contributed by atoms with van der Waals surface area (Å²) in [7, 11) is -1.54. The minimum absolute atomic E-state index is 0.178. The molecule has 0 aliphatic carbocycles. The van der Waals surface area contributed by atoms with Crippen LogP contribution >= 0.6 is 23.2 Å². The lowest BCUT2D eigenvalue weighted by atomic mass is 9.80. The molecular formula is C8H5BCl2N2O2. The van der Waals surface area contributed by atoms with Crippen LogP contribution in [0.15, 0.2) is 18.2 Å². The van der Waals surface area contributed by atoms with E-state index in [4.69, 9.17) is 33.2 Å². The molecule has 0 aliphatic heterocycles. The van der Waals surface area contributed by atoms with Crippen LogP contribution in [0.2, 0.25) is 10.3 Å². The number of hydrogen-bond donors (Lipinski definition) is 2. The average molecular weight is 243 g/mol. The summed E-state index contributed by atoms with van der Waals surface area (Å²) in [4.78, 5) is 0. The molecule has 2 rings (SSSR count). The van der Waals surface area contributed by atoms with Crippen LogP contribution < -0.4 is 5.46 Å². The molecule has 1 aromatic carbocycles. The molecule has 0 saturated heterocycles. The quantitative estimate of drug-likeness (QED) is 0.720. The van der Waals surface area contributed by atoms with Crippen LogP contribution in [0.25, 0.3) is 10.8 Å². The van der Waals surface area contributed by atoms with E-state index in [-0.39, 0.29) is 10.3 Å². The van der Waals surface area contributed by atoms with E-state index in [1.807, 2.05) is 0 Å². The predicted octanol–water partition coefficient (Wildman–Crippen LogP) is 0.616. The van der Waals surface area contributed by atoms with Gasteiger partial charge in [0.2, 0.25) is 0 Å². The molecule has 0 atom stereocenters. The zero-order valence-electron chi connectivity index (χ0n) is 7.35. The van der Waals surface area contributed by atoms with Gasteiger partial charge in [0.1, 0.15) is 0 Å². The fourth-order valence-corrected chi connectivity index (χ4v) is 1.67. The Balaban J connectivity index is 2.76. The van der Waals surface area contributed by atoms with Crippen LogP contribution in [0.4, 0.5) is 0 Å². The van der Waals surface area contributed by atoms with E-state index in [2.05, 4.69) is 10.2 Å². The maximum Gasteiger partial charge on any atom is 0.488 e. The first-order valence-electron chi connectivity index (χ1n) is 4.07. The second-order valence-electron chi connectivity index (χ2n) is 2.96. The van der Waals surface area contributed by atoms with Crippen molar-refractivity contribution in [3.05, 3.63) is 28.5 Å². The highest BCUT2D eigenvalue weighted by Gasteiger charge is 2.13. The molecule has 0 unspecified atom stereocenters. The maximum absolute atomic E-state index is 8.99. The van der Waals surface area contributed by atoms with Gasteiger partial charge in [-0.1, -0.05) is 41.4 Å². The van der Waals surface area contributed by atoms with Crippen molar-refractivity contribution in [3.8, 4) is 0 Å². The summed E-state index contributed by atoms with van der Waals surface area (Å²) in [6.45, 7) is 0. The van der Waals surface area contributed by atoms with Gasteiger partial charge in [-0.25, -0.2) is 0 Å². The number of fused-ring (bicyclic) bond motifs is 1. The van der Waals surface area contributed by atoms with E-state index in [1.54, 1.807) is 6.07 Å². The maximum atomic E-state index is 8.99. The minimum Gasteiger partial charge on any atom is -0.423 e. The Labute approximate surface area is 95.6 Å². The van der Waals surface area contributed by atoms with E-state index < -0.39 is 7.12 Å². The lowest BCUT2D eigenvalue weighted by molar-refractivity contribution is 0.426. The summed E-state index contributed by atoms with van der Waals surface area (Å²) in [6.07, 6.45) is 0. The Kier molecular flexibility index (Phi) is 2.80. The van der Waals surface area contributed by atoms with Gasteiger partial charge in [-0.15, -0.1) is 10.2 Å². The van der Waals surface area contributed by atoms with Gasteiger partial charge in [0.25, 0.3) is 0 Å². The lowest BCUT2D eigenvalue weighted by Gasteiger charge is -2.04. The third kappa shape index (κ3) is 1.91. The molecule has 0 radical (unpaired) electrons. The van der Waals surface area contributed by atoms with Crippen molar-refractivity contribution in [2.24, 2.45) is 0 Å². The summed E-state index contributed by atoms with van der Waals surface area (Å²) in [5.74, 6) is 0. The predicted molar refractivity (Wildman–Crippen MR) is 59.4 cm³/mol. The van der Waals surface area contributed by atoms with Crippen LogP contribution in [-0.4, -0.2) is 27.4 Å². The first kappa shape index (κ1) is 10.6. The minimum atomic E-state index is -1.54.